The number of rotatable bonds is 12. The normalized spacial score (nSPS) is 12.5. The molecular weight excluding hydrogens is 559 g/mol. The Balaban J connectivity index is -0.000000294. The molecule has 0 aromatic rings. The average molecular weight is 588 g/mol. The molecule has 0 aromatic carbocycles. The minimum Gasteiger partial charge on any atom is -0.481 e. The number of carboxylic acids is 2. The van der Waals surface area contributed by atoms with Gasteiger partial charge in [-0.2, -0.15) is 0 Å². The quantitative estimate of drug-likeness (QED) is 0.0995. The van der Waals surface area contributed by atoms with Gasteiger partial charge in [0, 0.05) is 40.3 Å². The van der Waals surface area contributed by atoms with E-state index in [0.717, 1.165) is 13.8 Å². The molecule has 0 aliphatic heterocycles. The Labute approximate surface area is 188 Å². The first-order valence-electron chi connectivity index (χ1n) is 7.72. The molecule has 0 aliphatic rings. The van der Waals surface area contributed by atoms with Crippen molar-refractivity contribution in [1.29, 1.82) is 0 Å². The molecule has 14 nitrogen and oxygen atoms in total. The van der Waals surface area contributed by atoms with Gasteiger partial charge < -0.3 is 58.0 Å². The maximum absolute atomic E-state index is 10.00. The molecule has 0 saturated heterocycles. The van der Waals surface area contributed by atoms with Gasteiger partial charge in [0.1, 0.15) is 0 Å². The molecule has 0 rings (SSSR count). The third kappa shape index (κ3) is 32.9. The van der Waals surface area contributed by atoms with Crippen LogP contribution in [0.3, 0.4) is 0 Å². The van der Waals surface area contributed by atoms with Crippen LogP contribution in [0, 0.1) is 0 Å². The zero-order valence-corrected chi connectivity index (χ0v) is 21.4. The number of nitrogens with two attached hydrogens (primary N) is 2. The summed E-state index contributed by atoms with van der Waals surface area (Å²) in [6.45, 7) is 2.72. The average Bonchev–Trinajstić information content (AvgIpc) is 2.49. The van der Waals surface area contributed by atoms with Crippen LogP contribution in [0.25, 0.3) is 0 Å². The summed E-state index contributed by atoms with van der Waals surface area (Å²) < 4.78 is 14.1. The van der Waals surface area contributed by atoms with Gasteiger partial charge >= 0.3 is 37.1 Å². The van der Waals surface area contributed by atoms with Crippen molar-refractivity contribution in [3.8, 4) is 0 Å². The van der Waals surface area contributed by atoms with E-state index in [1.54, 1.807) is 0 Å². The number of carboxylic acid groups (broad SMARTS) is 2. The summed E-state index contributed by atoms with van der Waals surface area (Å²) in [5.41, 5.74) is 10.5. The third-order valence-corrected chi connectivity index (χ3v) is 9.79. The van der Waals surface area contributed by atoms with Crippen molar-refractivity contribution in [1.82, 2.24) is 0 Å². The zero-order valence-electron chi connectivity index (χ0n) is 15.9. The fraction of sp³-hybridized carbons (Fsp3) is 0.800. The Morgan fingerprint density at radius 2 is 1.45 bits per heavy atom. The van der Waals surface area contributed by atoms with Crippen LogP contribution in [0.1, 0.15) is 26.7 Å². The predicted molar refractivity (Wildman–Crippen MR) is 101 cm³/mol. The van der Waals surface area contributed by atoms with Crippen LogP contribution in [-0.4, -0.2) is 96.4 Å². The van der Waals surface area contributed by atoms with Crippen LogP contribution < -0.4 is 11.5 Å². The molecule has 0 amide bonds. The number of carbonyl (C=O) groups is 2. The Morgan fingerprint density at radius 1 is 1.03 bits per heavy atom. The van der Waals surface area contributed by atoms with E-state index >= 15 is 0 Å². The second-order valence-electron chi connectivity index (χ2n) is 4.87. The molecule has 0 aliphatic carbocycles. The Kier molecular flexibility index (Phi) is 26.8. The number of aliphatic carboxylic acids is 2. The molecule has 1 unspecified atom stereocenters. The molecule has 0 heterocycles. The van der Waals surface area contributed by atoms with Gasteiger partial charge in [-0.1, -0.05) is 0 Å². The fourth-order valence-electron chi connectivity index (χ4n) is 1.21. The summed E-state index contributed by atoms with van der Waals surface area (Å²) in [7, 11) is -12.3. The molecule has 11 N–H and O–H groups in total. The van der Waals surface area contributed by atoms with E-state index < -0.39 is 49.1 Å². The van der Waals surface area contributed by atoms with Crippen molar-refractivity contribution in [2.75, 3.05) is 13.1 Å². The first-order chi connectivity index (χ1) is 12.7. The molecule has 0 aromatic heterocycles. The number of hydrogen-bond acceptors (Lipinski definition) is 12. The van der Waals surface area contributed by atoms with Crippen LogP contribution in [0.2, 0.25) is 12.1 Å². The van der Waals surface area contributed by atoms with Gasteiger partial charge in [0.05, 0.1) is 0 Å². The molecule has 29 heavy (non-hydrogen) atoms. The van der Waals surface area contributed by atoms with E-state index in [2.05, 4.69) is 8.23 Å². The maximum Gasteiger partial charge on any atom is 0.657 e. The smallest absolute Gasteiger partial charge is 0.481 e. The van der Waals surface area contributed by atoms with Crippen LogP contribution in [0.15, 0.2) is 0 Å². The van der Waals surface area contributed by atoms with Crippen LogP contribution in [0.5, 0.6) is 0 Å². The van der Waals surface area contributed by atoms with Gasteiger partial charge in [-0.15, -0.1) is 0 Å². The van der Waals surface area contributed by atoms with Gasteiger partial charge in [0.25, 0.3) is 11.9 Å². The largest absolute Gasteiger partial charge is 0.657 e. The molecule has 0 fully saturated rings. The Hall–Kier alpha value is 0.0699. The van der Waals surface area contributed by atoms with Gasteiger partial charge in [0.15, 0.2) is 0 Å². The summed E-state index contributed by atoms with van der Waals surface area (Å²) in [4.78, 5) is 65.4. The molecule has 3 radical (unpaired) electrons. The van der Waals surface area contributed by atoms with Gasteiger partial charge in [-0.25, -0.2) is 0 Å². The fourth-order valence-corrected chi connectivity index (χ4v) is 8.13. The second kappa shape index (κ2) is 21.3. The van der Waals surface area contributed by atoms with E-state index in [0.29, 0.717) is 19.4 Å². The standard InChI is InChI=1S/C6H21N2O8Si4.2C2H4O2.Pd/c7-3-1-5-18(10)15-20(12,13)16-19(11,14-17-9)6-2-4-8;2*1-2(3)4;/h9-13H,1-8H2;2*1H3,(H,3,4);. The van der Waals surface area contributed by atoms with Crippen molar-refractivity contribution < 1.29 is 76.5 Å². The third-order valence-electron chi connectivity index (χ3n) is 2.04. The van der Waals surface area contributed by atoms with Gasteiger partial charge in [-0.05, 0) is 32.0 Å². The summed E-state index contributed by atoms with van der Waals surface area (Å²) in [5.74, 6) is -1.67. The van der Waals surface area contributed by atoms with Crippen molar-refractivity contribution in [2.45, 2.75) is 38.8 Å². The Bertz CT molecular complexity index is 408. The minimum atomic E-state index is -4.75. The summed E-state index contributed by atoms with van der Waals surface area (Å²) in [5, 5.41) is 14.8. The molecule has 0 spiro atoms. The second-order valence-corrected chi connectivity index (χ2v) is 11.8. The number of hydrogen-bond donors (Lipinski definition) is 9. The van der Waals surface area contributed by atoms with E-state index in [1.165, 1.54) is 0 Å². The molecule has 19 heteroatoms. The summed E-state index contributed by atoms with van der Waals surface area (Å²) in [6, 6.07) is 0.123. The maximum atomic E-state index is 10.00. The van der Waals surface area contributed by atoms with E-state index in [-0.39, 0.29) is 39.1 Å². The van der Waals surface area contributed by atoms with Crippen molar-refractivity contribution in [2.24, 2.45) is 11.5 Å². The summed E-state index contributed by atoms with van der Waals surface area (Å²) >= 11 is 0. The van der Waals surface area contributed by atoms with E-state index in [4.69, 9.17) is 40.2 Å². The topological polar surface area (TPSA) is 255 Å². The molecular formula is C10H29N2O12PdSi4. The first-order valence-corrected chi connectivity index (χ1v) is 13.8. The Morgan fingerprint density at radius 3 is 1.79 bits per heavy atom. The predicted octanol–water partition coefficient (Wildman–Crippen LogP) is -3.73. The molecule has 177 valence electrons. The van der Waals surface area contributed by atoms with Gasteiger partial charge in [0.2, 0.25) is 0 Å². The monoisotopic (exact) mass is 587 g/mol. The van der Waals surface area contributed by atoms with Crippen LogP contribution in [-0.2, 0) is 42.4 Å². The van der Waals surface area contributed by atoms with Crippen molar-refractivity contribution in [3.63, 3.8) is 0 Å². The van der Waals surface area contributed by atoms with Gasteiger partial charge in [-0.3, -0.25) is 9.59 Å². The first kappa shape index (κ1) is 36.4. The van der Waals surface area contributed by atoms with Crippen molar-refractivity contribution >= 4 is 49.1 Å². The SMILES string of the molecule is CC(=O)O.CC(=O)O.NCCC[Si](O)O[Si](O)(O)O[Si](O)(CCCN)O[Si]O.[Pd]. The minimum absolute atomic E-state index is 0. The van der Waals surface area contributed by atoms with Crippen LogP contribution in [0.4, 0.5) is 0 Å². The van der Waals surface area contributed by atoms with Crippen LogP contribution >= 0.6 is 0 Å². The van der Waals surface area contributed by atoms with E-state index in [1.807, 2.05) is 0 Å². The zero-order chi connectivity index (χ0) is 22.8. The molecule has 0 saturated carbocycles. The van der Waals surface area contributed by atoms with Crippen molar-refractivity contribution in [3.05, 3.63) is 0 Å². The molecule has 1 atom stereocenters. The molecule has 0 bridgehead atoms. The summed E-state index contributed by atoms with van der Waals surface area (Å²) in [6.07, 6.45) is 0.764. The van der Waals surface area contributed by atoms with E-state index in [9.17, 15) is 19.2 Å².